The first kappa shape index (κ1) is 30.7. The average Bonchev–Trinajstić information content (AvgIpc) is 3.57. The minimum atomic E-state index is -1.54. The number of nitro groups is 1. The zero-order valence-electron chi connectivity index (χ0n) is 26.8. The SMILES string of the molecule is COC(=O)C1=C(C(=O)OC)C2(c3ccccc3-c3ccc([N+](=O)[O-])cc32)C2(/C=C/c3ccccc3)c3cc(OC)c(OC)cc3CCN12. The van der Waals surface area contributed by atoms with Crippen LogP contribution in [0.5, 0.6) is 11.5 Å². The highest BCUT2D eigenvalue weighted by Gasteiger charge is 2.71. The Morgan fingerprint density at radius 1 is 0.792 bits per heavy atom. The maximum atomic E-state index is 14.4. The molecule has 0 aromatic heterocycles. The fraction of sp³-hybridized carbons (Fsp3) is 0.211. The number of hydrogen-bond donors (Lipinski definition) is 0. The van der Waals surface area contributed by atoms with Gasteiger partial charge < -0.3 is 23.8 Å². The third-order valence-corrected chi connectivity index (χ3v) is 9.83. The van der Waals surface area contributed by atoms with Gasteiger partial charge in [-0.25, -0.2) is 9.59 Å². The van der Waals surface area contributed by atoms with E-state index in [1.807, 2.05) is 83.8 Å². The Kier molecular flexibility index (Phi) is 7.31. The van der Waals surface area contributed by atoms with Gasteiger partial charge in [0.1, 0.15) is 11.2 Å². The molecular weight excluding hydrogens is 612 g/mol. The van der Waals surface area contributed by atoms with Gasteiger partial charge in [0.05, 0.1) is 44.4 Å². The highest BCUT2D eigenvalue weighted by Crippen LogP contribution is 2.69. The second kappa shape index (κ2) is 11.4. The minimum Gasteiger partial charge on any atom is -0.493 e. The summed E-state index contributed by atoms with van der Waals surface area (Å²) < 4.78 is 22.5. The topological polar surface area (TPSA) is 117 Å². The molecule has 7 rings (SSSR count). The lowest BCUT2D eigenvalue weighted by Gasteiger charge is -2.53. The number of carbonyl (C=O) groups is 2. The standard InChI is InChI=1S/C38H32N2O8/c1-45-31-20-24-17-19-39-34(36(42)48-4)33(35(41)47-3)38(28-13-9-8-12-26(28)27-15-14-25(40(43)44)21-30(27)38)37(39,29(24)22-32(31)46-2)18-16-23-10-6-5-7-11-23/h5-16,18,20-22H,17,19H2,1-4H3/b18-16+. The van der Waals surface area contributed by atoms with Gasteiger partial charge in [0.2, 0.25) is 0 Å². The number of nitrogens with zero attached hydrogens (tertiary/aromatic N) is 2. The molecule has 2 heterocycles. The summed E-state index contributed by atoms with van der Waals surface area (Å²) in [6.07, 6.45) is 4.43. The molecule has 48 heavy (non-hydrogen) atoms. The van der Waals surface area contributed by atoms with Gasteiger partial charge in [-0.1, -0.05) is 66.7 Å². The predicted molar refractivity (Wildman–Crippen MR) is 177 cm³/mol. The molecule has 0 saturated carbocycles. The van der Waals surface area contributed by atoms with E-state index in [0.717, 1.165) is 22.3 Å². The summed E-state index contributed by atoms with van der Waals surface area (Å²) in [4.78, 5) is 42.3. The Balaban J connectivity index is 1.75. The second-order valence-electron chi connectivity index (χ2n) is 11.8. The number of benzene rings is 4. The lowest BCUT2D eigenvalue weighted by Crippen LogP contribution is -2.57. The third kappa shape index (κ3) is 3.98. The first-order valence-corrected chi connectivity index (χ1v) is 15.4. The van der Waals surface area contributed by atoms with E-state index in [-0.39, 0.29) is 17.0 Å². The van der Waals surface area contributed by atoms with E-state index in [9.17, 15) is 19.7 Å². The van der Waals surface area contributed by atoms with E-state index in [4.69, 9.17) is 18.9 Å². The van der Waals surface area contributed by atoms with Crippen LogP contribution in [0.2, 0.25) is 0 Å². The van der Waals surface area contributed by atoms with Crippen molar-refractivity contribution >= 4 is 23.7 Å². The summed E-state index contributed by atoms with van der Waals surface area (Å²) in [7, 11) is 5.64. The Hall–Kier alpha value is -5.90. The van der Waals surface area contributed by atoms with E-state index in [1.54, 1.807) is 20.3 Å². The van der Waals surface area contributed by atoms with Crippen molar-refractivity contribution in [2.75, 3.05) is 35.0 Å². The number of ether oxygens (including phenoxy) is 4. The fourth-order valence-corrected chi connectivity index (χ4v) is 8.04. The molecule has 0 amide bonds. The summed E-state index contributed by atoms with van der Waals surface area (Å²) in [5, 5.41) is 12.4. The zero-order chi connectivity index (χ0) is 33.8. The van der Waals surface area contributed by atoms with Crippen molar-refractivity contribution in [3.05, 3.63) is 140 Å². The molecular formula is C38H32N2O8. The molecule has 4 aromatic carbocycles. The molecule has 2 unspecified atom stereocenters. The van der Waals surface area contributed by atoms with Gasteiger partial charge in [-0.2, -0.15) is 0 Å². The van der Waals surface area contributed by atoms with Crippen molar-refractivity contribution in [3.63, 3.8) is 0 Å². The lowest BCUT2D eigenvalue weighted by molar-refractivity contribution is -0.384. The van der Waals surface area contributed by atoms with Gasteiger partial charge in [-0.05, 0) is 63.6 Å². The van der Waals surface area contributed by atoms with Crippen LogP contribution >= 0.6 is 0 Å². The number of nitro benzene ring substituents is 1. The molecule has 2 atom stereocenters. The Morgan fingerprint density at radius 2 is 1.46 bits per heavy atom. The third-order valence-electron chi connectivity index (χ3n) is 9.83. The zero-order valence-corrected chi connectivity index (χ0v) is 26.8. The normalized spacial score (nSPS) is 20.2. The summed E-state index contributed by atoms with van der Waals surface area (Å²) in [5.74, 6) is -0.521. The van der Waals surface area contributed by atoms with E-state index in [0.29, 0.717) is 41.2 Å². The molecule has 10 heteroatoms. The summed E-state index contributed by atoms with van der Waals surface area (Å²) in [5.41, 5.74) is 2.12. The van der Waals surface area contributed by atoms with Gasteiger partial charge in [0.15, 0.2) is 11.5 Å². The van der Waals surface area contributed by atoms with Gasteiger partial charge >= 0.3 is 11.9 Å². The van der Waals surface area contributed by atoms with Crippen LogP contribution in [-0.4, -0.2) is 56.7 Å². The van der Waals surface area contributed by atoms with Crippen LogP contribution in [-0.2, 0) is 36.4 Å². The smallest absolute Gasteiger partial charge is 0.354 e. The molecule has 0 fully saturated rings. The highest BCUT2D eigenvalue weighted by molar-refractivity contribution is 6.08. The van der Waals surface area contributed by atoms with Crippen molar-refractivity contribution in [1.29, 1.82) is 0 Å². The Bertz CT molecular complexity index is 2070. The van der Waals surface area contributed by atoms with Crippen molar-refractivity contribution in [3.8, 4) is 22.6 Å². The number of rotatable bonds is 7. The number of hydrogen-bond acceptors (Lipinski definition) is 9. The van der Waals surface area contributed by atoms with Crippen LogP contribution in [0.4, 0.5) is 5.69 Å². The van der Waals surface area contributed by atoms with Gasteiger partial charge in [0.25, 0.3) is 5.69 Å². The highest BCUT2D eigenvalue weighted by atomic mass is 16.6. The van der Waals surface area contributed by atoms with Gasteiger partial charge in [0, 0.05) is 18.7 Å². The largest absolute Gasteiger partial charge is 0.493 e. The van der Waals surface area contributed by atoms with Crippen molar-refractivity contribution < 1.29 is 33.5 Å². The van der Waals surface area contributed by atoms with Crippen molar-refractivity contribution in [2.45, 2.75) is 17.4 Å². The first-order chi connectivity index (χ1) is 23.3. The van der Waals surface area contributed by atoms with E-state index >= 15 is 0 Å². The molecule has 0 radical (unpaired) electrons. The van der Waals surface area contributed by atoms with Crippen LogP contribution in [0, 0.1) is 10.1 Å². The van der Waals surface area contributed by atoms with E-state index in [1.165, 1.54) is 26.4 Å². The molecule has 2 aliphatic heterocycles. The molecule has 0 N–H and O–H groups in total. The summed E-state index contributed by atoms with van der Waals surface area (Å²) in [6.45, 7) is 0.292. The van der Waals surface area contributed by atoms with Crippen LogP contribution in [0.1, 0.15) is 27.8 Å². The number of carbonyl (C=O) groups excluding carboxylic acids is 2. The monoisotopic (exact) mass is 644 g/mol. The number of fused-ring (bicyclic) bond motifs is 9. The summed E-state index contributed by atoms with van der Waals surface area (Å²) in [6, 6.07) is 25.7. The van der Waals surface area contributed by atoms with Crippen LogP contribution in [0.3, 0.4) is 0 Å². The molecule has 242 valence electrons. The number of non-ortho nitro benzene ring substituents is 1. The maximum absolute atomic E-state index is 14.4. The molecule has 1 aliphatic carbocycles. The average molecular weight is 645 g/mol. The maximum Gasteiger partial charge on any atom is 0.354 e. The molecule has 4 aromatic rings. The van der Waals surface area contributed by atoms with E-state index in [2.05, 4.69) is 0 Å². The fourth-order valence-electron chi connectivity index (χ4n) is 8.04. The predicted octanol–water partition coefficient (Wildman–Crippen LogP) is 5.96. The van der Waals surface area contributed by atoms with Crippen LogP contribution in [0.15, 0.2) is 102 Å². The Labute approximate surface area is 277 Å². The number of esters is 2. The van der Waals surface area contributed by atoms with Crippen molar-refractivity contribution in [2.24, 2.45) is 0 Å². The van der Waals surface area contributed by atoms with Crippen molar-refractivity contribution in [1.82, 2.24) is 4.90 Å². The first-order valence-electron chi connectivity index (χ1n) is 15.4. The molecule has 0 saturated heterocycles. The molecule has 3 aliphatic rings. The quantitative estimate of drug-likeness (QED) is 0.136. The number of methoxy groups -OCH3 is 4. The minimum absolute atomic E-state index is 0.0247. The van der Waals surface area contributed by atoms with Crippen LogP contribution in [0.25, 0.3) is 17.2 Å². The Morgan fingerprint density at radius 3 is 2.15 bits per heavy atom. The van der Waals surface area contributed by atoms with Gasteiger partial charge in [-0.15, -0.1) is 0 Å². The molecule has 10 nitrogen and oxygen atoms in total. The van der Waals surface area contributed by atoms with E-state index < -0.39 is 27.8 Å². The molecule has 1 spiro atoms. The van der Waals surface area contributed by atoms with Gasteiger partial charge in [-0.3, -0.25) is 10.1 Å². The summed E-state index contributed by atoms with van der Waals surface area (Å²) >= 11 is 0. The second-order valence-corrected chi connectivity index (χ2v) is 11.8. The van der Waals surface area contributed by atoms with Crippen LogP contribution < -0.4 is 9.47 Å². The molecule has 0 bridgehead atoms. The lowest BCUT2D eigenvalue weighted by atomic mass is 9.56.